The molecule has 156 valence electrons. The van der Waals surface area contributed by atoms with E-state index in [1.165, 1.54) is 0 Å². The second-order valence-electron chi connectivity index (χ2n) is 6.87. The standard InChI is InChI=1S/C11H16ClNS.C11H17NOS/c1-4-10-6-5-9(7-12)11(13-10)14-8(2)3;1-4-10-6-5-9(7-13)11(12-10)14-8(2)3/h5-6,8H,4,7H2,1-3H3;5-6,8,13H,4,7H2,1-3H3. The van der Waals surface area contributed by atoms with Gasteiger partial charge in [-0.25, -0.2) is 9.97 Å². The molecule has 0 saturated heterocycles. The predicted molar refractivity (Wildman–Crippen MR) is 125 cm³/mol. The zero-order valence-corrected chi connectivity index (χ0v) is 20.2. The summed E-state index contributed by atoms with van der Waals surface area (Å²) in [5.74, 6) is 0.548. The van der Waals surface area contributed by atoms with Crippen LogP contribution in [-0.2, 0) is 25.3 Å². The molecule has 2 rings (SSSR count). The largest absolute Gasteiger partial charge is 0.392 e. The Morgan fingerprint density at radius 1 is 0.821 bits per heavy atom. The molecule has 0 radical (unpaired) electrons. The lowest BCUT2D eigenvalue weighted by Gasteiger charge is -2.09. The van der Waals surface area contributed by atoms with Gasteiger partial charge >= 0.3 is 0 Å². The van der Waals surface area contributed by atoms with Gasteiger partial charge in [0, 0.05) is 27.5 Å². The normalized spacial score (nSPS) is 10.9. The van der Waals surface area contributed by atoms with Gasteiger partial charge in [0.05, 0.1) is 12.5 Å². The van der Waals surface area contributed by atoms with Crippen LogP contribution in [-0.4, -0.2) is 25.6 Å². The highest BCUT2D eigenvalue weighted by atomic mass is 35.5. The molecule has 0 saturated carbocycles. The molecular formula is C22H33ClN2OS2. The molecule has 28 heavy (non-hydrogen) atoms. The van der Waals surface area contributed by atoms with E-state index in [0.29, 0.717) is 16.4 Å². The average molecular weight is 441 g/mol. The van der Waals surface area contributed by atoms with Crippen LogP contribution < -0.4 is 0 Å². The van der Waals surface area contributed by atoms with E-state index in [1.54, 1.807) is 23.5 Å². The van der Waals surface area contributed by atoms with E-state index in [0.717, 1.165) is 45.4 Å². The first-order valence-corrected chi connectivity index (χ1v) is 12.1. The number of thioether (sulfide) groups is 2. The zero-order chi connectivity index (χ0) is 21.1. The Labute approximate surface area is 184 Å². The topological polar surface area (TPSA) is 46.0 Å². The minimum absolute atomic E-state index is 0.0754. The summed E-state index contributed by atoms with van der Waals surface area (Å²) in [5.41, 5.74) is 4.30. The van der Waals surface area contributed by atoms with Gasteiger partial charge in [0.15, 0.2) is 0 Å². The van der Waals surface area contributed by atoms with E-state index in [2.05, 4.69) is 63.6 Å². The lowest BCUT2D eigenvalue weighted by molar-refractivity contribution is 0.278. The number of aliphatic hydroxyl groups is 1. The van der Waals surface area contributed by atoms with Gasteiger partial charge in [-0.3, -0.25) is 0 Å². The van der Waals surface area contributed by atoms with Crippen LogP contribution in [0.5, 0.6) is 0 Å². The van der Waals surface area contributed by atoms with Gasteiger partial charge in [0.25, 0.3) is 0 Å². The number of halogens is 1. The molecule has 3 nitrogen and oxygen atoms in total. The molecule has 0 unspecified atom stereocenters. The third-order valence-corrected chi connectivity index (χ3v) is 6.11. The van der Waals surface area contributed by atoms with Crippen LogP contribution in [0.2, 0.25) is 0 Å². The van der Waals surface area contributed by atoms with Crippen molar-refractivity contribution in [1.29, 1.82) is 0 Å². The molecule has 0 aliphatic heterocycles. The van der Waals surface area contributed by atoms with E-state index >= 15 is 0 Å². The number of pyridine rings is 2. The third kappa shape index (κ3) is 8.73. The molecule has 0 aromatic carbocycles. The molecular weight excluding hydrogens is 408 g/mol. The first kappa shape index (κ1) is 25.3. The number of aromatic nitrogens is 2. The molecule has 0 aliphatic rings. The van der Waals surface area contributed by atoms with Crippen molar-refractivity contribution in [1.82, 2.24) is 9.97 Å². The lowest BCUT2D eigenvalue weighted by Crippen LogP contribution is -1.98. The quantitative estimate of drug-likeness (QED) is 0.374. The van der Waals surface area contributed by atoms with Gasteiger partial charge in [0.2, 0.25) is 0 Å². The van der Waals surface area contributed by atoms with Gasteiger partial charge in [-0.2, -0.15) is 0 Å². The van der Waals surface area contributed by atoms with Crippen molar-refractivity contribution < 1.29 is 5.11 Å². The number of hydrogen-bond acceptors (Lipinski definition) is 5. The second-order valence-corrected chi connectivity index (χ2v) is 10.3. The highest BCUT2D eigenvalue weighted by molar-refractivity contribution is 8.00. The minimum Gasteiger partial charge on any atom is -0.392 e. The highest BCUT2D eigenvalue weighted by Gasteiger charge is 2.08. The van der Waals surface area contributed by atoms with Crippen LogP contribution in [0.3, 0.4) is 0 Å². The SMILES string of the molecule is CCc1ccc(CCl)c(SC(C)C)n1.CCc1ccc(CO)c(SC(C)C)n1. The van der Waals surface area contributed by atoms with Gasteiger partial charge < -0.3 is 5.11 Å². The van der Waals surface area contributed by atoms with Crippen LogP contribution in [0.25, 0.3) is 0 Å². The van der Waals surface area contributed by atoms with Crippen molar-refractivity contribution >= 4 is 35.1 Å². The van der Waals surface area contributed by atoms with E-state index in [-0.39, 0.29) is 6.61 Å². The summed E-state index contributed by atoms with van der Waals surface area (Å²) >= 11 is 9.35. The van der Waals surface area contributed by atoms with E-state index in [9.17, 15) is 0 Å². The fraction of sp³-hybridized carbons (Fsp3) is 0.545. The molecule has 0 spiro atoms. The Morgan fingerprint density at radius 3 is 1.61 bits per heavy atom. The smallest absolute Gasteiger partial charge is 0.102 e. The van der Waals surface area contributed by atoms with Gasteiger partial charge in [-0.05, 0) is 30.5 Å². The number of hydrogen-bond donors (Lipinski definition) is 1. The third-order valence-electron chi connectivity index (χ3n) is 3.73. The van der Waals surface area contributed by atoms with Gasteiger partial charge in [-0.1, -0.05) is 53.7 Å². The van der Waals surface area contributed by atoms with Crippen LogP contribution in [0.4, 0.5) is 0 Å². The van der Waals surface area contributed by atoms with Crippen molar-refractivity contribution in [2.45, 2.75) is 87.4 Å². The van der Waals surface area contributed by atoms with Crippen LogP contribution in [0, 0.1) is 0 Å². The first-order valence-electron chi connectivity index (χ1n) is 9.82. The van der Waals surface area contributed by atoms with E-state index in [4.69, 9.17) is 16.7 Å². The molecule has 0 fully saturated rings. The van der Waals surface area contributed by atoms with Crippen molar-refractivity contribution in [3.63, 3.8) is 0 Å². The van der Waals surface area contributed by atoms with Crippen molar-refractivity contribution in [2.75, 3.05) is 0 Å². The molecule has 2 heterocycles. The number of aryl methyl sites for hydroxylation is 2. The number of nitrogens with zero attached hydrogens (tertiary/aromatic N) is 2. The Morgan fingerprint density at radius 2 is 1.25 bits per heavy atom. The molecule has 1 N–H and O–H groups in total. The molecule has 0 atom stereocenters. The van der Waals surface area contributed by atoms with E-state index < -0.39 is 0 Å². The molecule has 0 bridgehead atoms. The van der Waals surface area contributed by atoms with Crippen molar-refractivity contribution in [3.8, 4) is 0 Å². The van der Waals surface area contributed by atoms with Gasteiger partial charge in [-0.15, -0.1) is 35.1 Å². The molecule has 0 aliphatic carbocycles. The Hall–Kier alpha value is -0.750. The Kier molecular flexibility index (Phi) is 12.2. The average Bonchev–Trinajstić information content (AvgIpc) is 2.67. The van der Waals surface area contributed by atoms with E-state index in [1.807, 2.05) is 12.1 Å². The monoisotopic (exact) mass is 440 g/mol. The maximum absolute atomic E-state index is 9.14. The number of aliphatic hydroxyl groups excluding tert-OH is 1. The number of rotatable bonds is 8. The summed E-state index contributed by atoms with van der Waals surface area (Å²) in [4.78, 5) is 9.09. The fourth-order valence-corrected chi connectivity index (χ4v) is 4.39. The summed E-state index contributed by atoms with van der Waals surface area (Å²) in [6.45, 7) is 12.9. The summed E-state index contributed by atoms with van der Waals surface area (Å²) < 4.78 is 0. The van der Waals surface area contributed by atoms with Crippen LogP contribution >= 0.6 is 35.1 Å². The minimum atomic E-state index is 0.0754. The maximum atomic E-state index is 9.14. The lowest BCUT2D eigenvalue weighted by atomic mass is 10.2. The maximum Gasteiger partial charge on any atom is 0.102 e. The number of alkyl halides is 1. The summed E-state index contributed by atoms with van der Waals surface area (Å²) in [7, 11) is 0. The summed E-state index contributed by atoms with van der Waals surface area (Å²) in [5, 5.41) is 12.3. The summed E-state index contributed by atoms with van der Waals surface area (Å²) in [6, 6.07) is 8.10. The predicted octanol–water partition coefficient (Wildman–Crippen LogP) is 6.52. The Balaban J connectivity index is 0.000000280. The molecule has 6 heteroatoms. The molecule has 2 aromatic rings. The fourth-order valence-electron chi connectivity index (χ4n) is 2.28. The highest BCUT2D eigenvalue weighted by Crippen LogP contribution is 2.26. The first-order chi connectivity index (χ1) is 13.3. The van der Waals surface area contributed by atoms with Crippen molar-refractivity contribution in [3.05, 3.63) is 46.8 Å². The zero-order valence-electron chi connectivity index (χ0n) is 17.8. The van der Waals surface area contributed by atoms with Gasteiger partial charge in [0.1, 0.15) is 10.1 Å². The molecule has 0 amide bonds. The van der Waals surface area contributed by atoms with Crippen LogP contribution in [0.1, 0.15) is 64.1 Å². The van der Waals surface area contributed by atoms with Crippen LogP contribution in [0.15, 0.2) is 34.3 Å². The second kappa shape index (κ2) is 13.5. The summed E-state index contributed by atoms with van der Waals surface area (Å²) in [6.07, 6.45) is 1.92. The Bertz CT molecular complexity index is 662. The molecule has 2 aromatic heterocycles. The van der Waals surface area contributed by atoms with Crippen molar-refractivity contribution in [2.24, 2.45) is 0 Å².